The van der Waals surface area contributed by atoms with Crippen molar-refractivity contribution in [1.82, 2.24) is 9.80 Å². The topological polar surface area (TPSA) is 59.1 Å². The SMILES string of the molecule is COc1ccc2c(c1)[C@H]1[C@H]3N(C)C(=O)N(C)C(=O)[C@@]3(F)[C@@]1(OC)C=C2. The third-order valence-corrected chi connectivity index (χ3v) is 5.85. The predicted octanol–water partition coefficient (Wildman–Crippen LogP) is 1.81. The molecule has 0 N–H and O–H groups in total. The van der Waals surface area contributed by atoms with Crippen molar-refractivity contribution in [2.24, 2.45) is 0 Å². The van der Waals surface area contributed by atoms with Crippen LogP contribution in [-0.4, -0.2) is 67.4 Å². The highest BCUT2D eigenvalue weighted by Crippen LogP contribution is 2.64. The maximum absolute atomic E-state index is 16.1. The molecule has 0 aromatic heterocycles. The molecule has 0 unspecified atom stereocenters. The summed E-state index contributed by atoms with van der Waals surface area (Å²) in [7, 11) is 5.75. The van der Waals surface area contributed by atoms with Crippen molar-refractivity contribution in [1.29, 1.82) is 0 Å². The molecule has 1 aliphatic heterocycles. The van der Waals surface area contributed by atoms with Crippen molar-refractivity contribution in [2.75, 3.05) is 28.3 Å². The van der Waals surface area contributed by atoms with Gasteiger partial charge in [-0.25, -0.2) is 9.18 Å². The summed E-state index contributed by atoms with van der Waals surface area (Å²) in [5.74, 6) is -0.734. The molecule has 2 fully saturated rings. The maximum atomic E-state index is 16.1. The molecule has 25 heavy (non-hydrogen) atoms. The smallest absolute Gasteiger partial charge is 0.326 e. The van der Waals surface area contributed by atoms with Crippen molar-refractivity contribution < 1.29 is 23.5 Å². The Labute approximate surface area is 144 Å². The number of likely N-dealkylation sites (N-methyl/N-ethyl adjacent to an activating group) is 1. The molecule has 4 atom stereocenters. The Kier molecular flexibility index (Phi) is 3.10. The number of rotatable bonds is 2. The number of halogens is 1. The number of alkyl halides is 1. The van der Waals surface area contributed by atoms with Crippen molar-refractivity contribution in [3.8, 4) is 5.75 Å². The average molecular weight is 346 g/mol. The van der Waals surface area contributed by atoms with Gasteiger partial charge < -0.3 is 14.4 Å². The first-order valence-corrected chi connectivity index (χ1v) is 7.99. The zero-order valence-corrected chi connectivity index (χ0v) is 14.4. The summed E-state index contributed by atoms with van der Waals surface area (Å²) in [6.07, 6.45) is 3.37. The van der Waals surface area contributed by atoms with Crippen LogP contribution in [0.4, 0.5) is 9.18 Å². The number of imide groups is 1. The van der Waals surface area contributed by atoms with Crippen LogP contribution in [0.25, 0.3) is 6.08 Å². The molecule has 132 valence electrons. The van der Waals surface area contributed by atoms with E-state index in [1.165, 1.54) is 26.1 Å². The van der Waals surface area contributed by atoms with Gasteiger partial charge in [0.2, 0.25) is 5.67 Å². The van der Waals surface area contributed by atoms with Crippen molar-refractivity contribution in [3.63, 3.8) is 0 Å². The zero-order valence-electron chi connectivity index (χ0n) is 14.4. The Bertz CT molecular complexity index is 825. The standard InChI is InChI=1S/C18H19FN2O4/c1-20-14-13-12-9-11(24-3)6-5-10(12)7-8-17(13,25-4)18(14,19)15(22)21(2)16(20)23/h5-9,13-14H,1-4H3/t13-,14+,17+,18+/m0/s1. The van der Waals surface area contributed by atoms with Gasteiger partial charge in [-0.15, -0.1) is 0 Å². The number of carbonyl (C=O) groups excluding carboxylic acids is 2. The summed E-state index contributed by atoms with van der Waals surface area (Å²) in [5, 5.41) is 0. The van der Waals surface area contributed by atoms with E-state index in [-0.39, 0.29) is 0 Å². The van der Waals surface area contributed by atoms with Gasteiger partial charge in [0.1, 0.15) is 11.4 Å². The average Bonchev–Trinajstić information content (AvgIpc) is 2.63. The van der Waals surface area contributed by atoms with Crippen LogP contribution in [0.5, 0.6) is 5.75 Å². The van der Waals surface area contributed by atoms with E-state index in [4.69, 9.17) is 9.47 Å². The molecule has 3 aliphatic rings. The molecule has 1 aromatic carbocycles. The fraction of sp³-hybridized carbons (Fsp3) is 0.444. The van der Waals surface area contributed by atoms with E-state index in [2.05, 4.69) is 0 Å². The van der Waals surface area contributed by atoms with Gasteiger partial charge in [0.25, 0.3) is 5.91 Å². The molecule has 0 radical (unpaired) electrons. The Morgan fingerprint density at radius 1 is 1.20 bits per heavy atom. The summed E-state index contributed by atoms with van der Waals surface area (Å²) in [4.78, 5) is 27.2. The summed E-state index contributed by atoms with van der Waals surface area (Å²) in [6, 6.07) is 4.06. The van der Waals surface area contributed by atoms with Gasteiger partial charge in [0.05, 0.1) is 13.2 Å². The van der Waals surface area contributed by atoms with Gasteiger partial charge >= 0.3 is 6.03 Å². The molecule has 7 heteroatoms. The van der Waals surface area contributed by atoms with E-state index in [0.29, 0.717) is 5.75 Å². The van der Waals surface area contributed by atoms with E-state index >= 15 is 4.39 Å². The molecule has 4 rings (SSSR count). The van der Waals surface area contributed by atoms with Crippen molar-refractivity contribution in [2.45, 2.75) is 23.2 Å². The number of urea groups is 1. The van der Waals surface area contributed by atoms with Crippen molar-refractivity contribution >= 4 is 18.0 Å². The zero-order chi connectivity index (χ0) is 18.1. The lowest BCUT2D eigenvalue weighted by molar-refractivity contribution is -0.235. The molecule has 0 bridgehead atoms. The number of benzene rings is 1. The Morgan fingerprint density at radius 3 is 2.56 bits per heavy atom. The quantitative estimate of drug-likeness (QED) is 0.819. The van der Waals surface area contributed by atoms with Gasteiger partial charge in [-0.3, -0.25) is 9.69 Å². The van der Waals surface area contributed by atoms with Crippen molar-refractivity contribution in [3.05, 3.63) is 35.4 Å². The monoisotopic (exact) mass is 346 g/mol. The van der Waals surface area contributed by atoms with Crippen LogP contribution in [0, 0.1) is 0 Å². The van der Waals surface area contributed by atoms with Gasteiger partial charge in [0.15, 0.2) is 0 Å². The van der Waals surface area contributed by atoms with Crippen LogP contribution in [-0.2, 0) is 9.53 Å². The minimum Gasteiger partial charge on any atom is -0.497 e. The van der Waals surface area contributed by atoms with Gasteiger partial charge in [-0.1, -0.05) is 12.1 Å². The summed E-state index contributed by atoms with van der Waals surface area (Å²) >= 11 is 0. The van der Waals surface area contributed by atoms with Gasteiger partial charge in [-0.2, -0.15) is 0 Å². The summed E-state index contributed by atoms with van der Waals surface area (Å²) < 4.78 is 27.0. The van der Waals surface area contributed by atoms with E-state index in [1.54, 1.807) is 19.3 Å². The molecule has 0 spiro atoms. The number of methoxy groups -OCH3 is 2. The number of nitrogens with zero attached hydrogens (tertiary/aromatic N) is 2. The van der Waals surface area contributed by atoms with Crippen LogP contribution in [0.3, 0.4) is 0 Å². The highest BCUT2D eigenvalue weighted by molar-refractivity contribution is 6.05. The Balaban J connectivity index is 1.93. The maximum Gasteiger partial charge on any atom is 0.326 e. The summed E-state index contributed by atoms with van der Waals surface area (Å²) in [6.45, 7) is 0. The molecule has 1 heterocycles. The second kappa shape index (κ2) is 4.82. The first-order chi connectivity index (χ1) is 11.8. The summed E-state index contributed by atoms with van der Waals surface area (Å²) in [5.41, 5.74) is -2.08. The predicted molar refractivity (Wildman–Crippen MR) is 88.1 cm³/mol. The fourth-order valence-electron chi connectivity index (χ4n) is 4.58. The molecular weight excluding hydrogens is 327 g/mol. The molecule has 6 nitrogen and oxygen atoms in total. The van der Waals surface area contributed by atoms with Crippen LogP contribution in [0.15, 0.2) is 24.3 Å². The fourth-order valence-corrected chi connectivity index (χ4v) is 4.58. The lowest BCUT2D eigenvalue weighted by Crippen LogP contribution is -2.87. The third-order valence-electron chi connectivity index (χ3n) is 5.85. The number of ether oxygens (including phenoxy) is 2. The van der Waals surface area contributed by atoms with Crippen LogP contribution >= 0.6 is 0 Å². The first-order valence-electron chi connectivity index (χ1n) is 7.99. The van der Waals surface area contributed by atoms with E-state index in [1.807, 2.05) is 18.2 Å². The highest BCUT2D eigenvalue weighted by atomic mass is 19.1. The molecule has 1 aromatic rings. The van der Waals surface area contributed by atoms with E-state index < -0.39 is 35.2 Å². The Hall–Kier alpha value is -2.41. The van der Waals surface area contributed by atoms with E-state index in [9.17, 15) is 9.59 Å². The normalized spacial score (nSPS) is 35.7. The number of fused-ring (bicyclic) bond motifs is 6. The molecule has 3 amide bonds. The highest BCUT2D eigenvalue weighted by Gasteiger charge is 2.82. The molecule has 1 saturated carbocycles. The minimum atomic E-state index is -2.33. The number of hydrogen-bond donors (Lipinski definition) is 0. The molecular formula is C18H19FN2O4. The number of amides is 3. The van der Waals surface area contributed by atoms with Crippen LogP contribution in [0.2, 0.25) is 0 Å². The second-order valence-corrected chi connectivity index (χ2v) is 6.72. The largest absolute Gasteiger partial charge is 0.497 e. The van der Waals surface area contributed by atoms with Crippen LogP contribution in [0.1, 0.15) is 17.0 Å². The first kappa shape index (κ1) is 16.1. The lowest BCUT2D eigenvalue weighted by atomic mass is 9.49. The number of hydrogen-bond acceptors (Lipinski definition) is 4. The molecule has 2 aliphatic carbocycles. The minimum absolute atomic E-state index is 0.496. The van der Waals surface area contributed by atoms with Gasteiger partial charge in [0, 0.05) is 27.1 Å². The van der Waals surface area contributed by atoms with E-state index in [0.717, 1.165) is 16.0 Å². The number of carbonyl (C=O) groups is 2. The third kappa shape index (κ3) is 1.57. The lowest BCUT2D eigenvalue weighted by Gasteiger charge is -2.67. The van der Waals surface area contributed by atoms with Gasteiger partial charge in [-0.05, 0) is 29.3 Å². The molecule has 1 saturated heterocycles. The Morgan fingerprint density at radius 2 is 1.92 bits per heavy atom. The van der Waals surface area contributed by atoms with Crippen LogP contribution < -0.4 is 4.74 Å². The second-order valence-electron chi connectivity index (χ2n) is 6.72.